The minimum absolute atomic E-state index is 0. The summed E-state index contributed by atoms with van der Waals surface area (Å²) in [5, 5.41) is 3.23. The van der Waals surface area contributed by atoms with E-state index in [0.29, 0.717) is 5.96 Å². The van der Waals surface area contributed by atoms with Crippen LogP contribution in [-0.4, -0.2) is 43.1 Å². The number of hydrogen-bond donors (Lipinski definition) is 2. The van der Waals surface area contributed by atoms with E-state index >= 15 is 0 Å². The van der Waals surface area contributed by atoms with Crippen molar-refractivity contribution < 1.29 is 0 Å². The minimum atomic E-state index is 0. The summed E-state index contributed by atoms with van der Waals surface area (Å²) in [6.45, 7) is 6.61. The normalized spacial score (nSPS) is 23.6. The van der Waals surface area contributed by atoms with Crippen molar-refractivity contribution >= 4 is 29.9 Å². The number of nitrogens with one attached hydrogen (secondary N) is 1. The fourth-order valence-electron chi connectivity index (χ4n) is 2.83. The maximum atomic E-state index is 5.90. The van der Waals surface area contributed by atoms with Gasteiger partial charge in [-0.05, 0) is 38.1 Å². The summed E-state index contributed by atoms with van der Waals surface area (Å²) >= 11 is 0. The van der Waals surface area contributed by atoms with Gasteiger partial charge in [0.1, 0.15) is 0 Å². The van der Waals surface area contributed by atoms with E-state index in [1.807, 2.05) is 0 Å². The highest BCUT2D eigenvalue weighted by molar-refractivity contribution is 14.0. The molecule has 0 amide bonds. The Morgan fingerprint density at radius 1 is 1.25 bits per heavy atom. The molecule has 0 radical (unpaired) electrons. The van der Waals surface area contributed by atoms with Gasteiger partial charge in [0.25, 0.3) is 0 Å². The summed E-state index contributed by atoms with van der Waals surface area (Å²) in [4.78, 5) is 7.13. The number of halogens is 1. The molecule has 5 heteroatoms. The molecule has 20 heavy (non-hydrogen) atoms. The number of likely N-dealkylation sites (tertiary alicyclic amines) is 1. The number of nitrogens with zero attached hydrogens (tertiary/aromatic N) is 2. The molecule has 4 nitrogen and oxygen atoms in total. The predicted molar refractivity (Wildman–Crippen MR) is 96.8 cm³/mol. The zero-order valence-electron chi connectivity index (χ0n) is 12.8. The molecule has 1 unspecified atom stereocenters. The molecule has 2 rings (SSSR count). The van der Waals surface area contributed by atoms with Crippen molar-refractivity contribution in [2.45, 2.75) is 57.9 Å². The van der Waals surface area contributed by atoms with E-state index in [2.05, 4.69) is 22.1 Å². The van der Waals surface area contributed by atoms with Crippen molar-refractivity contribution in [1.29, 1.82) is 0 Å². The minimum Gasteiger partial charge on any atom is -0.370 e. The van der Waals surface area contributed by atoms with Crippen molar-refractivity contribution in [1.82, 2.24) is 10.2 Å². The van der Waals surface area contributed by atoms with Crippen LogP contribution in [0.15, 0.2) is 4.99 Å². The smallest absolute Gasteiger partial charge is 0.188 e. The molecule has 1 aliphatic carbocycles. The Labute approximate surface area is 141 Å². The highest BCUT2D eigenvalue weighted by atomic mass is 127. The summed E-state index contributed by atoms with van der Waals surface area (Å²) < 4.78 is 0. The summed E-state index contributed by atoms with van der Waals surface area (Å²) in [6, 6.07) is 0.906. The molecule has 0 spiro atoms. The molecule has 2 fully saturated rings. The van der Waals surface area contributed by atoms with Crippen molar-refractivity contribution in [3.05, 3.63) is 0 Å². The van der Waals surface area contributed by atoms with Crippen molar-refractivity contribution in [3.63, 3.8) is 0 Å². The van der Waals surface area contributed by atoms with E-state index in [0.717, 1.165) is 25.0 Å². The van der Waals surface area contributed by atoms with Gasteiger partial charge in [-0.15, -0.1) is 24.0 Å². The average Bonchev–Trinajstić information content (AvgIpc) is 3.15. The van der Waals surface area contributed by atoms with E-state index in [1.165, 1.54) is 58.0 Å². The van der Waals surface area contributed by atoms with Gasteiger partial charge in [-0.3, -0.25) is 4.99 Å². The van der Waals surface area contributed by atoms with Crippen LogP contribution in [0, 0.1) is 5.92 Å². The highest BCUT2D eigenvalue weighted by Gasteiger charge is 2.34. The first kappa shape index (κ1) is 18.0. The van der Waals surface area contributed by atoms with E-state index in [-0.39, 0.29) is 24.0 Å². The Morgan fingerprint density at radius 3 is 2.75 bits per heavy atom. The molecule has 2 aliphatic rings. The number of guanidine groups is 1. The second-order valence-corrected chi connectivity index (χ2v) is 6.09. The summed E-state index contributed by atoms with van der Waals surface area (Å²) in [5.41, 5.74) is 5.90. The molecule has 1 atom stereocenters. The molecule has 0 aromatic rings. The van der Waals surface area contributed by atoms with Gasteiger partial charge in [0.05, 0.1) is 0 Å². The van der Waals surface area contributed by atoms with Crippen molar-refractivity contribution in [3.8, 4) is 0 Å². The van der Waals surface area contributed by atoms with Gasteiger partial charge in [-0.25, -0.2) is 0 Å². The van der Waals surface area contributed by atoms with E-state index < -0.39 is 0 Å². The fourth-order valence-corrected chi connectivity index (χ4v) is 2.83. The van der Waals surface area contributed by atoms with Crippen molar-refractivity contribution in [2.24, 2.45) is 16.6 Å². The molecule has 118 valence electrons. The van der Waals surface area contributed by atoms with E-state index in [9.17, 15) is 0 Å². The molecule has 3 N–H and O–H groups in total. The van der Waals surface area contributed by atoms with Crippen LogP contribution in [0.3, 0.4) is 0 Å². The maximum Gasteiger partial charge on any atom is 0.188 e. The largest absolute Gasteiger partial charge is 0.370 e. The van der Waals surface area contributed by atoms with Crippen LogP contribution in [0.25, 0.3) is 0 Å². The molecular weight excluding hydrogens is 363 g/mol. The van der Waals surface area contributed by atoms with Crippen LogP contribution in [0.1, 0.15) is 51.9 Å². The third kappa shape index (κ3) is 6.61. The fraction of sp³-hybridized carbons (Fsp3) is 0.933. The standard InChI is InChI=1S/C15H30N4.HI/c1-2-3-4-5-9-17-15(16)18-11-13-8-10-19(12-13)14-6-7-14;/h13-14H,2-12H2,1H3,(H3,16,17,18);1H. The summed E-state index contributed by atoms with van der Waals surface area (Å²) in [6.07, 6.45) is 9.21. The van der Waals surface area contributed by atoms with E-state index in [1.54, 1.807) is 0 Å². The molecular formula is C15H31IN4. The second-order valence-electron chi connectivity index (χ2n) is 6.09. The molecule has 1 saturated carbocycles. The predicted octanol–water partition coefficient (Wildman–Crippen LogP) is 2.57. The van der Waals surface area contributed by atoms with Crippen LogP contribution in [0.2, 0.25) is 0 Å². The van der Waals surface area contributed by atoms with Crippen LogP contribution in [0.5, 0.6) is 0 Å². The average molecular weight is 394 g/mol. The SMILES string of the molecule is CCCCCCNC(N)=NCC1CCN(C2CC2)C1.I. The zero-order valence-corrected chi connectivity index (χ0v) is 15.1. The third-order valence-corrected chi connectivity index (χ3v) is 4.24. The second kappa shape index (κ2) is 9.82. The lowest BCUT2D eigenvalue weighted by molar-refractivity contribution is 0.315. The molecule has 0 aromatic carbocycles. The number of rotatable bonds is 8. The maximum absolute atomic E-state index is 5.90. The highest BCUT2D eigenvalue weighted by Crippen LogP contribution is 2.31. The van der Waals surface area contributed by atoms with Gasteiger partial charge in [0.15, 0.2) is 5.96 Å². The lowest BCUT2D eigenvalue weighted by atomic mass is 10.1. The Morgan fingerprint density at radius 2 is 2.05 bits per heavy atom. The topological polar surface area (TPSA) is 53.6 Å². The van der Waals surface area contributed by atoms with Crippen LogP contribution < -0.4 is 11.1 Å². The molecule has 0 aromatic heterocycles. The Bertz CT molecular complexity index is 292. The van der Waals surface area contributed by atoms with Gasteiger partial charge in [-0.1, -0.05) is 26.2 Å². The molecule has 1 heterocycles. The molecule has 1 saturated heterocycles. The van der Waals surface area contributed by atoms with Gasteiger partial charge >= 0.3 is 0 Å². The van der Waals surface area contributed by atoms with Crippen LogP contribution in [-0.2, 0) is 0 Å². The van der Waals surface area contributed by atoms with Crippen molar-refractivity contribution in [2.75, 3.05) is 26.2 Å². The summed E-state index contributed by atoms with van der Waals surface area (Å²) in [7, 11) is 0. The first-order chi connectivity index (χ1) is 9.29. The number of aliphatic imine (C=N–C) groups is 1. The lowest BCUT2D eigenvalue weighted by Crippen LogP contribution is -2.33. The first-order valence-corrected chi connectivity index (χ1v) is 8.07. The van der Waals surface area contributed by atoms with Crippen LogP contribution in [0.4, 0.5) is 0 Å². The first-order valence-electron chi connectivity index (χ1n) is 8.07. The molecule has 0 bridgehead atoms. The Balaban J connectivity index is 0.00000200. The number of unbranched alkanes of at least 4 members (excludes halogenated alkanes) is 3. The zero-order chi connectivity index (χ0) is 13.5. The number of nitrogens with two attached hydrogens (primary N) is 1. The molecule has 1 aliphatic heterocycles. The van der Waals surface area contributed by atoms with Gasteiger partial charge in [-0.2, -0.15) is 0 Å². The third-order valence-electron chi connectivity index (χ3n) is 4.24. The lowest BCUT2D eigenvalue weighted by Gasteiger charge is -2.13. The Kier molecular flexibility index (Phi) is 8.84. The van der Waals surface area contributed by atoms with Gasteiger partial charge < -0.3 is 16.0 Å². The van der Waals surface area contributed by atoms with Gasteiger partial charge in [0, 0.05) is 25.7 Å². The summed E-state index contributed by atoms with van der Waals surface area (Å²) in [5.74, 6) is 1.36. The quantitative estimate of drug-likeness (QED) is 0.288. The van der Waals surface area contributed by atoms with E-state index in [4.69, 9.17) is 5.73 Å². The monoisotopic (exact) mass is 394 g/mol. The Hall–Kier alpha value is -0.0400. The number of hydrogen-bond acceptors (Lipinski definition) is 2. The van der Waals surface area contributed by atoms with Gasteiger partial charge in [0.2, 0.25) is 0 Å². The van der Waals surface area contributed by atoms with Crippen LogP contribution >= 0.6 is 24.0 Å².